The minimum Gasteiger partial charge on any atom is -0.371 e. The van der Waals surface area contributed by atoms with Gasteiger partial charge in [-0.1, -0.05) is 38.0 Å². The molecule has 2 nitrogen and oxygen atoms in total. The van der Waals surface area contributed by atoms with Crippen LogP contribution in [0, 0.1) is 11.8 Å². The number of nitrogens with two attached hydrogens (primary N) is 1. The number of nitrogens with zero attached hydrogens (tertiary/aromatic N) is 1. The molecule has 2 N–H and O–H groups in total. The summed E-state index contributed by atoms with van der Waals surface area (Å²) < 4.78 is 0. The van der Waals surface area contributed by atoms with Crippen molar-refractivity contribution in [3.63, 3.8) is 0 Å². The summed E-state index contributed by atoms with van der Waals surface area (Å²) in [6, 6.07) is 9.33. The van der Waals surface area contributed by atoms with E-state index in [-0.39, 0.29) is 0 Å². The summed E-state index contributed by atoms with van der Waals surface area (Å²) in [6.45, 7) is 4.71. The molecule has 1 heterocycles. The van der Waals surface area contributed by atoms with E-state index in [9.17, 15) is 0 Å². The molecule has 1 aromatic rings. The van der Waals surface area contributed by atoms with Gasteiger partial charge < -0.3 is 10.6 Å². The van der Waals surface area contributed by atoms with Gasteiger partial charge in [-0.05, 0) is 42.7 Å². The SMILES string of the molecule is CC1Cc2ccccc2N(CC2CCCCC2N)C1. The number of hydrogen-bond acceptors (Lipinski definition) is 2. The van der Waals surface area contributed by atoms with E-state index in [1.807, 2.05) is 0 Å². The molecule has 0 saturated heterocycles. The Morgan fingerprint density at radius 2 is 2.00 bits per heavy atom. The van der Waals surface area contributed by atoms with Gasteiger partial charge >= 0.3 is 0 Å². The largest absolute Gasteiger partial charge is 0.371 e. The molecule has 1 fully saturated rings. The van der Waals surface area contributed by atoms with Gasteiger partial charge in [0.1, 0.15) is 0 Å². The highest BCUT2D eigenvalue weighted by Gasteiger charge is 2.27. The molecule has 0 radical (unpaired) electrons. The third-order valence-electron chi connectivity index (χ3n) is 4.86. The Kier molecular flexibility index (Phi) is 3.79. The Labute approximate surface area is 117 Å². The number of rotatable bonds is 2. The van der Waals surface area contributed by atoms with Crippen molar-refractivity contribution in [3.8, 4) is 0 Å². The van der Waals surface area contributed by atoms with E-state index >= 15 is 0 Å². The summed E-state index contributed by atoms with van der Waals surface area (Å²) in [5.74, 6) is 1.45. The number of hydrogen-bond donors (Lipinski definition) is 1. The van der Waals surface area contributed by atoms with E-state index in [1.165, 1.54) is 49.9 Å². The van der Waals surface area contributed by atoms with Crippen LogP contribution in [0.3, 0.4) is 0 Å². The number of para-hydroxylation sites is 1. The fourth-order valence-electron chi connectivity index (χ4n) is 3.83. The van der Waals surface area contributed by atoms with Crippen molar-refractivity contribution in [1.29, 1.82) is 0 Å². The number of anilines is 1. The Balaban J connectivity index is 1.77. The lowest BCUT2D eigenvalue weighted by Crippen LogP contribution is -2.44. The van der Waals surface area contributed by atoms with E-state index in [2.05, 4.69) is 36.1 Å². The molecule has 0 spiro atoms. The van der Waals surface area contributed by atoms with Crippen molar-refractivity contribution in [2.75, 3.05) is 18.0 Å². The lowest BCUT2D eigenvalue weighted by molar-refractivity contribution is 0.304. The molecule has 0 aromatic heterocycles. The average Bonchev–Trinajstić information content (AvgIpc) is 2.41. The number of benzene rings is 1. The molecule has 19 heavy (non-hydrogen) atoms. The molecule has 104 valence electrons. The van der Waals surface area contributed by atoms with Crippen molar-refractivity contribution in [2.45, 2.75) is 45.1 Å². The minimum absolute atomic E-state index is 0.415. The zero-order valence-corrected chi connectivity index (χ0v) is 12.0. The Hall–Kier alpha value is -1.02. The molecule has 3 unspecified atom stereocenters. The van der Waals surface area contributed by atoms with Gasteiger partial charge in [0.25, 0.3) is 0 Å². The second kappa shape index (κ2) is 5.54. The zero-order chi connectivity index (χ0) is 13.2. The van der Waals surface area contributed by atoms with E-state index in [0.29, 0.717) is 12.0 Å². The lowest BCUT2D eigenvalue weighted by atomic mass is 9.83. The quantitative estimate of drug-likeness (QED) is 0.882. The fourth-order valence-corrected chi connectivity index (χ4v) is 3.83. The van der Waals surface area contributed by atoms with Crippen LogP contribution in [-0.4, -0.2) is 19.1 Å². The van der Waals surface area contributed by atoms with Crippen LogP contribution in [0.2, 0.25) is 0 Å². The summed E-state index contributed by atoms with van der Waals surface area (Å²) in [5, 5.41) is 0. The van der Waals surface area contributed by atoms with Crippen LogP contribution in [0.1, 0.15) is 38.2 Å². The molecule has 1 aliphatic heterocycles. The molecule has 1 aliphatic carbocycles. The third kappa shape index (κ3) is 2.79. The Bertz CT molecular complexity index is 429. The third-order valence-corrected chi connectivity index (χ3v) is 4.86. The van der Waals surface area contributed by atoms with Gasteiger partial charge in [-0.2, -0.15) is 0 Å². The molecule has 2 aliphatic rings. The van der Waals surface area contributed by atoms with Crippen molar-refractivity contribution in [2.24, 2.45) is 17.6 Å². The lowest BCUT2D eigenvalue weighted by Gasteiger charge is -2.39. The van der Waals surface area contributed by atoms with Crippen molar-refractivity contribution < 1.29 is 0 Å². The highest BCUT2D eigenvalue weighted by atomic mass is 15.1. The molecular formula is C17H26N2. The summed E-state index contributed by atoms with van der Waals surface area (Å²) in [6.07, 6.45) is 6.45. The standard InChI is InChI=1S/C17H26N2/c1-13-10-14-6-3-5-9-17(14)19(11-13)12-15-7-2-4-8-16(15)18/h3,5-6,9,13,15-16H,2,4,7-8,10-12,18H2,1H3. The van der Waals surface area contributed by atoms with E-state index in [0.717, 1.165) is 12.5 Å². The Morgan fingerprint density at radius 3 is 2.84 bits per heavy atom. The van der Waals surface area contributed by atoms with Gasteiger partial charge in [-0.3, -0.25) is 0 Å². The van der Waals surface area contributed by atoms with E-state index in [4.69, 9.17) is 5.73 Å². The molecule has 0 amide bonds. The first kappa shape index (κ1) is 13.0. The monoisotopic (exact) mass is 258 g/mol. The second-order valence-electron chi connectivity index (χ2n) is 6.55. The molecule has 2 heteroatoms. The van der Waals surface area contributed by atoms with Gasteiger partial charge in [0.15, 0.2) is 0 Å². The van der Waals surface area contributed by atoms with Crippen molar-refractivity contribution >= 4 is 5.69 Å². The predicted molar refractivity (Wildman–Crippen MR) is 81.5 cm³/mol. The smallest absolute Gasteiger partial charge is 0.0399 e. The normalized spacial score (nSPS) is 31.1. The maximum atomic E-state index is 6.32. The summed E-state index contributed by atoms with van der Waals surface area (Å²) in [5.41, 5.74) is 9.30. The van der Waals surface area contributed by atoms with Gasteiger partial charge in [-0.15, -0.1) is 0 Å². The van der Waals surface area contributed by atoms with E-state index < -0.39 is 0 Å². The number of fused-ring (bicyclic) bond motifs is 1. The Morgan fingerprint density at radius 1 is 1.21 bits per heavy atom. The topological polar surface area (TPSA) is 29.3 Å². The minimum atomic E-state index is 0.415. The van der Waals surface area contributed by atoms with Crippen molar-refractivity contribution in [3.05, 3.63) is 29.8 Å². The van der Waals surface area contributed by atoms with Gasteiger partial charge in [-0.25, -0.2) is 0 Å². The molecule has 0 bridgehead atoms. The van der Waals surface area contributed by atoms with E-state index in [1.54, 1.807) is 0 Å². The first-order valence-electron chi connectivity index (χ1n) is 7.82. The molecule has 3 rings (SSSR count). The predicted octanol–water partition coefficient (Wildman–Crippen LogP) is 3.20. The summed E-state index contributed by atoms with van der Waals surface area (Å²) in [4.78, 5) is 2.60. The summed E-state index contributed by atoms with van der Waals surface area (Å²) >= 11 is 0. The fraction of sp³-hybridized carbons (Fsp3) is 0.647. The van der Waals surface area contributed by atoms with Gasteiger partial charge in [0.2, 0.25) is 0 Å². The second-order valence-corrected chi connectivity index (χ2v) is 6.55. The van der Waals surface area contributed by atoms with Gasteiger partial charge in [0, 0.05) is 24.8 Å². The average molecular weight is 258 g/mol. The van der Waals surface area contributed by atoms with Crippen LogP contribution in [-0.2, 0) is 6.42 Å². The van der Waals surface area contributed by atoms with Crippen LogP contribution in [0.25, 0.3) is 0 Å². The molecule has 3 atom stereocenters. The first-order chi connectivity index (χ1) is 9.24. The maximum absolute atomic E-state index is 6.32. The van der Waals surface area contributed by atoms with Crippen LogP contribution in [0.15, 0.2) is 24.3 Å². The van der Waals surface area contributed by atoms with Crippen molar-refractivity contribution in [1.82, 2.24) is 0 Å². The maximum Gasteiger partial charge on any atom is 0.0399 e. The van der Waals surface area contributed by atoms with Crippen LogP contribution in [0.5, 0.6) is 0 Å². The highest BCUT2D eigenvalue weighted by molar-refractivity contribution is 5.55. The van der Waals surface area contributed by atoms with Crippen LogP contribution < -0.4 is 10.6 Å². The molecule has 1 saturated carbocycles. The van der Waals surface area contributed by atoms with Crippen LogP contribution in [0.4, 0.5) is 5.69 Å². The van der Waals surface area contributed by atoms with Crippen LogP contribution >= 0.6 is 0 Å². The summed E-state index contributed by atoms with van der Waals surface area (Å²) in [7, 11) is 0. The first-order valence-corrected chi connectivity index (χ1v) is 7.82. The molecule has 1 aromatic carbocycles. The zero-order valence-electron chi connectivity index (χ0n) is 12.0. The highest BCUT2D eigenvalue weighted by Crippen LogP contribution is 2.32. The molecular weight excluding hydrogens is 232 g/mol. The van der Waals surface area contributed by atoms with Gasteiger partial charge in [0.05, 0.1) is 0 Å².